The molecule has 0 aromatic heterocycles. The SMILES string of the molecule is CC(C)N(CC(=O)O)C(=O)c1ccc2c(c1)C(=O)N(CC1CCCO1)C2=O. The Morgan fingerprint density at radius 3 is 2.56 bits per heavy atom. The molecule has 0 radical (unpaired) electrons. The summed E-state index contributed by atoms with van der Waals surface area (Å²) in [5, 5.41) is 9.02. The molecular weight excluding hydrogens is 352 g/mol. The Bertz CT molecular complexity index is 797. The van der Waals surface area contributed by atoms with Crippen molar-refractivity contribution in [1.82, 2.24) is 9.80 Å². The highest BCUT2D eigenvalue weighted by atomic mass is 16.5. The van der Waals surface area contributed by atoms with Crippen LogP contribution in [0.5, 0.6) is 0 Å². The highest BCUT2D eigenvalue weighted by Gasteiger charge is 2.38. The van der Waals surface area contributed by atoms with Crippen molar-refractivity contribution in [2.75, 3.05) is 19.7 Å². The normalized spacial score (nSPS) is 18.9. The lowest BCUT2D eigenvalue weighted by Crippen LogP contribution is -2.40. The number of benzene rings is 1. The van der Waals surface area contributed by atoms with Gasteiger partial charge in [0.25, 0.3) is 17.7 Å². The molecule has 2 heterocycles. The number of hydrogen-bond acceptors (Lipinski definition) is 5. The van der Waals surface area contributed by atoms with Gasteiger partial charge in [0, 0.05) is 18.2 Å². The van der Waals surface area contributed by atoms with Gasteiger partial charge in [-0.1, -0.05) is 0 Å². The quantitative estimate of drug-likeness (QED) is 0.755. The van der Waals surface area contributed by atoms with E-state index in [1.807, 2.05) is 0 Å². The number of carbonyl (C=O) groups is 4. The molecule has 0 aliphatic carbocycles. The van der Waals surface area contributed by atoms with Gasteiger partial charge < -0.3 is 14.7 Å². The zero-order valence-electron chi connectivity index (χ0n) is 15.3. The van der Waals surface area contributed by atoms with E-state index in [0.717, 1.165) is 17.7 Å². The number of fused-ring (bicyclic) bond motifs is 1. The number of aliphatic carboxylic acids is 1. The first-order valence-electron chi connectivity index (χ1n) is 8.94. The summed E-state index contributed by atoms with van der Waals surface area (Å²) < 4.78 is 5.50. The van der Waals surface area contributed by atoms with Crippen molar-refractivity contribution in [3.8, 4) is 0 Å². The lowest BCUT2D eigenvalue weighted by atomic mass is 10.0. The Balaban J connectivity index is 1.84. The molecule has 2 aliphatic rings. The Kier molecular flexibility index (Phi) is 5.27. The Morgan fingerprint density at radius 1 is 1.26 bits per heavy atom. The summed E-state index contributed by atoms with van der Waals surface area (Å²) in [4.78, 5) is 51.3. The van der Waals surface area contributed by atoms with E-state index in [2.05, 4.69) is 0 Å². The smallest absolute Gasteiger partial charge is 0.323 e. The van der Waals surface area contributed by atoms with Crippen molar-refractivity contribution in [2.45, 2.75) is 38.8 Å². The maximum atomic E-state index is 12.7. The number of nitrogens with zero attached hydrogens (tertiary/aromatic N) is 2. The van der Waals surface area contributed by atoms with Gasteiger partial charge in [0.1, 0.15) is 6.54 Å². The molecule has 1 saturated heterocycles. The Morgan fingerprint density at radius 2 is 1.96 bits per heavy atom. The van der Waals surface area contributed by atoms with Crippen LogP contribution in [0.3, 0.4) is 0 Å². The molecule has 1 fully saturated rings. The average Bonchev–Trinajstić information content (AvgIpc) is 3.22. The number of ether oxygens (including phenoxy) is 1. The molecule has 8 heteroatoms. The number of carbonyl (C=O) groups excluding carboxylic acids is 3. The summed E-state index contributed by atoms with van der Waals surface area (Å²) >= 11 is 0. The molecule has 1 unspecified atom stereocenters. The van der Waals surface area contributed by atoms with E-state index in [1.54, 1.807) is 13.8 Å². The van der Waals surface area contributed by atoms with E-state index in [9.17, 15) is 19.2 Å². The van der Waals surface area contributed by atoms with Crippen LogP contribution in [0.4, 0.5) is 0 Å². The maximum absolute atomic E-state index is 12.7. The first-order valence-corrected chi connectivity index (χ1v) is 8.94. The van der Waals surface area contributed by atoms with Crippen LogP contribution in [0.15, 0.2) is 18.2 Å². The minimum atomic E-state index is -1.12. The van der Waals surface area contributed by atoms with E-state index < -0.39 is 30.2 Å². The van der Waals surface area contributed by atoms with Crippen LogP contribution in [0.1, 0.15) is 57.8 Å². The predicted molar refractivity (Wildman–Crippen MR) is 94.6 cm³/mol. The summed E-state index contributed by atoms with van der Waals surface area (Å²) in [6, 6.07) is 3.97. The van der Waals surface area contributed by atoms with Gasteiger partial charge in [-0.15, -0.1) is 0 Å². The number of carboxylic acid groups (broad SMARTS) is 1. The largest absolute Gasteiger partial charge is 0.480 e. The third-order valence-corrected chi connectivity index (χ3v) is 4.82. The first-order chi connectivity index (χ1) is 12.8. The number of rotatable bonds is 6. The second kappa shape index (κ2) is 7.48. The van der Waals surface area contributed by atoms with Crippen molar-refractivity contribution in [3.05, 3.63) is 34.9 Å². The second-order valence-electron chi connectivity index (χ2n) is 7.04. The van der Waals surface area contributed by atoms with Crippen LogP contribution >= 0.6 is 0 Å². The molecule has 0 bridgehead atoms. The van der Waals surface area contributed by atoms with Crippen molar-refractivity contribution in [1.29, 1.82) is 0 Å². The molecule has 144 valence electrons. The fourth-order valence-electron chi connectivity index (χ4n) is 3.38. The molecule has 1 aromatic rings. The second-order valence-corrected chi connectivity index (χ2v) is 7.04. The van der Waals surface area contributed by atoms with Crippen molar-refractivity contribution >= 4 is 23.7 Å². The van der Waals surface area contributed by atoms with Gasteiger partial charge in [-0.25, -0.2) is 0 Å². The van der Waals surface area contributed by atoms with Gasteiger partial charge in [-0.3, -0.25) is 24.1 Å². The standard InChI is InChI=1S/C19H22N2O6/c1-11(2)20(10-16(22)23)17(24)12-5-6-14-15(8-12)19(26)21(18(14)25)9-13-4-3-7-27-13/h5-6,8,11,13H,3-4,7,9-10H2,1-2H3,(H,22,23). The Labute approximate surface area is 156 Å². The van der Waals surface area contributed by atoms with Gasteiger partial charge in [0.2, 0.25) is 0 Å². The fourth-order valence-corrected chi connectivity index (χ4v) is 3.38. The predicted octanol–water partition coefficient (Wildman–Crippen LogP) is 1.40. The highest BCUT2D eigenvalue weighted by molar-refractivity contribution is 6.22. The molecule has 27 heavy (non-hydrogen) atoms. The third-order valence-electron chi connectivity index (χ3n) is 4.82. The van der Waals surface area contributed by atoms with Crippen LogP contribution in [0.25, 0.3) is 0 Å². The van der Waals surface area contributed by atoms with Gasteiger partial charge >= 0.3 is 5.97 Å². The van der Waals surface area contributed by atoms with E-state index >= 15 is 0 Å². The molecule has 8 nitrogen and oxygen atoms in total. The van der Waals surface area contributed by atoms with Crippen LogP contribution in [0.2, 0.25) is 0 Å². The lowest BCUT2D eigenvalue weighted by Gasteiger charge is -2.25. The summed E-state index contributed by atoms with van der Waals surface area (Å²) in [7, 11) is 0. The molecule has 0 spiro atoms. The summed E-state index contributed by atoms with van der Waals surface area (Å²) in [5.41, 5.74) is 0.607. The van der Waals surface area contributed by atoms with Crippen molar-refractivity contribution in [2.24, 2.45) is 0 Å². The fraction of sp³-hybridized carbons (Fsp3) is 0.474. The Hall–Kier alpha value is -2.74. The van der Waals surface area contributed by atoms with Gasteiger partial charge in [-0.05, 0) is 44.9 Å². The van der Waals surface area contributed by atoms with Crippen LogP contribution in [-0.2, 0) is 9.53 Å². The van der Waals surface area contributed by atoms with Crippen LogP contribution in [-0.4, -0.2) is 70.4 Å². The molecule has 1 atom stereocenters. The molecule has 1 N–H and O–H groups in total. The molecule has 3 amide bonds. The molecule has 2 aliphatic heterocycles. The lowest BCUT2D eigenvalue weighted by molar-refractivity contribution is -0.138. The molecule has 0 saturated carbocycles. The maximum Gasteiger partial charge on any atom is 0.323 e. The topological polar surface area (TPSA) is 104 Å². The number of imide groups is 1. The number of hydrogen-bond donors (Lipinski definition) is 1. The van der Waals surface area contributed by atoms with E-state index in [1.165, 1.54) is 23.1 Å². The number of carboxylic acids is 1. The van der Waals surface area contributed by atoms with E-state index in [0.29, 0.717) is 6.61 Å². The van der Waals surface area contributed by atoms with E-state index in [4.69, 9.17) is 9.84 Å². The van der Waals surface area contributed by atoms with Crippen molar-refractivity contribution < 1.29 is 29.0 Å². The van der Waals surface area contributed by atoms with Gasteiger partial charge in [-0.2, -0.15) is 0 Å². The molecule has 3 rings (SSSR count). The average molecular weight is 374 g/mol. The van der Waals surface area contributed by atoms with E-state index in [-0.39, 0.29) is 35.4 Å². The summed E-state index contributed by atoms with van der Waals surface area (Å²) in [6.45, 7) is 3.82. The summed E-state index contributed by atoms with van der Waals surface area (Å²) in [5.74, 6) is -2.45. The first kappa shape index (κ1) is 19.0. The van der Waals surface area contributed by atoms with Gasteiger partial charge in [0.15, 0.2) is 0 Å². The zero-order valence-corrected chi connectivity index (χ0v) is 15.3. The minimum Gasteiger partial charge on any atom is -0.480 e. The molecule has 1 aromatic carbocycles. The van der Waals surface area contributed by atoms with Crippen LogP contribution < -0.4 is 0 Å². The zero-order chi connectivity index (χ0) is 19.7. The third kappa shape index (κ3) is 3.71. The molecular formula is C19H22N2O6. The minimum absolute atomic E-state index is 0.152. The van der Waals surface area contributed by atoms with Crippen LogP contribution in [0, 0.1) is 0 Å². The van der Waals surface area contributed by atoms with Crippen molar-refractivity contribution in [3.63, 3.8) is 0 Å². The number of amides is 3. The van der Waals surface area contributed by atoms with Gasteiger partial charge in [0.05, 0.1) is 23.8 Å². The monoisotopic (exact) mass is 374 g/mol. The summed E-state index contributed by atoms with van der Waals surface area (Å²) in [6.07, 6.45) is 1.55. The highest BCUT2D eigenvalue weighted by Crippen LogP contribution is 2.26.